The van der Waals surface area contributed by atoms with Crippen LogP contribution in [0.15, 0.2) is 18.2 Å². The smallest absolute Gasteiger partial charge is 0.292 e. The third-order valence-corrected chi connectivity index (χ3v) is 3.62. The van der Waals surface area contributed by atoms with Crippen molar-refractivity contribution in [3.05, 3.63) is 33.9 Å². The van der Waals surface area contributed by atoms with E-state index in [1.165, 1.54) is 19.2 Å². The van der Waals surface area contributed by atoms with Gasteiger partial charge in [0.25, 0.3) is 11.6 Å². The summed E-state index contributed by atoms with van der Waals surface area (Å²) >= 11 is 0. The molecule has 1 aliphatic heterocycles. The Hall–Kier alpha value is -2.15. The second-order valence-corrected chi connectivity index (χ2v) is 5.09. The summed E-state index contributed by atoms with van der Waals surface area (Å²) < 4.78 is 0. The maximum Gasteiger partial charge on any atom is 0.292 e. The first-order chi connectivity index (χ1) is 10.1. The molecule has 114 valence electrons. The molecule has 1 amide bonds. The molecule has 0 radical (unpaired) electrons. The summed E-state index contributed by atoms with van der Waals surface area (Å²) in [6, 6.07) is 4.58. The van der Waals surface area contributed by atoms with Gasteiger partial charge in [-0.2, -0.15) is 0 Å². The van der Waals surface area contributed by atoms with Crippen LogP contribution >= 0.6 is 0 Å². The molecule has 1 atom stereocenters. The molecule has 1 unspecified atom stereocenters. The van der Waals surface area contributed by atoms with Crippen LogP contribution < -0.4 is 16.0 Å². The van der Waals surface area contributed by atoms with E-state index in [2.05, 4.69) is 16.0 Å². The molecular weight excluding hydrogens is 272 g/mol. The predicted octanol–water partition coefficient (Wildman–Crippen LogP) is 1.51. The highest BCUT2D eigenvalue weighted by Gasteiger charge is 2.20. The number of nitrogens with one attached hydrogen (secondary N) is 3. The van der Waals surface area contributed by atoms with Gasteiger partial charge in [-0.05, 0) is 44.5 Å². The number of benzene rings is 1. The quantitative estimate of drug-likeness (QED) is 0.577. The SMILES string of the molecule is CNC(=O)c1ccc([N+](=O)[O-])c(NC2CCCNCC2)c1. The van der Waals surface area contributed by atoms with E-state index in [9.17, 15) is 14.9 Å². The summed E-state index contributed by atoms with van der Waals surface area (Å²) in [5.41, 5.74) is 0.824. The molecule has 0 spiro atoms. The van der Waals surface area contributed by atoms with Crippen molar-refractivity contribution in [2.45, 2.75) is 25.3 Å². The van der Waals surface area contributed by atoms with Gasteiger partial charge in [0, 0.05) is 24.7 Å². The highest BCUT2D eigenvalue weighted by molar-refractivity contribution is 5.95. The standard InChI is InChI=1S/C14H20N4O3/c1-15-14(19)10-4-5-13(18(20)21)12(9-10)17-11-3-2-7-16-8-6-11/h4-5,9,11,16-17H,2-3,6-8H2,1H3,(H,15,19). The molecule has 0 saturated carbocycles. The number of amides is 1. The third-order valence-electron chi connectivity index (χ3n) is 3.62. The lowest BCUT2D eigenvalue weighted by atomic mass is 10.1. The first-order valence-corrected chi connectivity index (χ1v) is 7.09. The topological polar surface area (TPSA) is 96.3 Å². The number of nitro groups is 1. The summed E-state index contributed by atoms with van der Waals surface area (Å²) in [6.07, 6.45) is 2.89. The molecule has 7 nitrogen and oxygen atoms in total. The van der Waals surface area contributed by atoms with Crippen LogP contribution in [0.5, 0.6) is 0 Å². The molecule has 1 aliphatic rings. The Labute approximate surface area is 123 Å². The van der Waals surface area contributed by atoms with Crippen molar-refractivity contribution in [2.24, 2.45) is 0 Å². The first-order valence-electron chi connectivity index (χ1n) is 7.09. The monoisotopic (exact) mass is 292 g/mol. The van der Waals surface area contributed by atoms with Gasteiger partial charge in [0.15, 0.2) is 0 Å². The lowest BCUT2D eigenvalue weighted by molar-refractivity contribution is -0.384. The van der Waals surface area contributed by atoms with Gasteiger partial charge in [-0.15, -0.1) is 0 Å². The zero-order valence-corrected chi connectivity index (χ0v) is 12.0. The van der Waals surface area contributed by atoms with Crippen molar-refractivity contribution in [3.63, 3.8) is 0 Å². The van der Waals surface area contributed by atoms with Crippen LogP contribution in [0.2, 0.25) is 0 Å². The Bertz CT molecular complexity index is 525. The average molecular weight is 292 g/mol. The summed E-state index contributed by atoms with van der Waals surface area (Å²) in [5.74, 6) is -0.254. The van der Waals surface area contributed by atoms with Crippen LogP contribution in [0.4, 0.5) is 11.4 Å². The van der Waals surface area contributed by atoms with Crippen LogP contribution in [0.3, 0.4) is 0 Å². The van der Waals surface area contributed by atoms with E-state index < -0.39 is 4.92 Å². The van der Waals surface area contributed by atoms with Crippen LogP contribution in [0.25, 0.3) is 0 Å². The first kappa shape index (κ1) is 15.2. The summed E-state index contributed by atoms with van der Waals surface area (Å²) in [4.78, 5) is 22.4. The number of hydrogen-bond acceptors (Lipinski definition) is 5. The van der Waals surface area contributed by atoms with Crippen molar-refractivity contribution in [1.29, 1.82) is 0 Å². The minimum atomic E-state index is -0.426. The highest BCUT2D eigenvalue weighted by Crippen LogP contribution is 2.27. The fourth-order valence-corrected chi connectivity index (χ4v) is 2.48. The molecule has 2 rings (SSSR count). The fourth-order valence-electron chi connectivity index (χ4n) is 2.48. The number of hydrogen-bond donors (Lipinski definition) is 3. The zero-order chi connectivity index (χ0) is 15.2. The molecular formula is C14H20N4O3. The summed E-state index contributed by atoms with van der Waals surface area (Å²) in [6.45, 7) is 1.86. The molecule has 1 heterocycles. The van der Waals surface area contributed by atoms with Gasteiger partial charge in [-0.25, -0.2) is 0 Å². The molecule has 21 heavy (non-hydrogen) atoms. The normalized spacial score (nSPS) is 18.6. The van der Waals surface area contributed by atoms with E-state index in [1.807, 2.05) is 0 Å². The molecule has 1 aromatic rings. The maximum atomic E-state index is 11.7. The number of nitro benzene ring substituents is 1. The fraction of sp³-hybridized carbons (Fsp3) is 0.500. The average Bonchev–Trinajstić information content (AvgIpc) is 2.74. The van der Waals surface area contributed by atoms with E-state index in [4.69, 9.17) is 0 Å². The molecule has 3 N–H and O–H groups in total. The molecule has 0 bridgehead atoms. The van der Waals surface area contributed by atoms with Crippen LogP contribution in [-0.2, 0) is 0 Å². The Morgan fingerprint density at radius 1 is 1.38 bits per heavy atom. The predicted molar refractivity (Wildman–Crippen MR) is 80.6 cm³/mol. The van der Waals surface area contributed by atoms with E-state index in [0.29, 0.717) is 11.3 Å². The lowest BCUT2D eigenvalue weighted by Crippen LogP contribution is -2.23. The number of nitrogens with zero attached hydrogens (tertiary/aromatic N) is 1. The van der Waals surface area contributed by atoms with E-state index >= 15 is 0 Å². The third kappa shape index (κ3) is 3.91. The summed E-state index contributed by atoms with van der Waals surface area (Å²) in [5, 5.41) is 20.2. The Balaban J connectivity index is 2.25. The minimum absolute atomic E-state index is 0.000130. The van der Waals surface area contributed by atoms with Crippen LogP contribution in [0, 0.1) is 10.1 Å². The van der Waals surface area contributed by atoms with E-state index in [-0.39, 0.29) is 17.6 Å². The van der Waals surface area contributed by atoms with Crippen molar-refractivity contribution in [2.75, 3.05) is 25.5 Å². The van der Waals surface area contributed by atoms with Gasteiger partial charge < -0.3 is 16.0 Å². The van der Waals surface area contributed by atoms with Gasteiger partial charge in [-0.3, -0.25) is 14.9 Å². The second kappa shape index (κ2) is 7.03. The maximum absolute atomic E-state index is 11.7. The molecule has 1 fully saturated rings. The number of carbonyl (C=O) groups is 1. The largest absolute Gasteiger partial charge is 0.377 e. The number of anilines is 1. The van der Waals surface area contributed by atoms with Gasteiger partial charge in [0.2, 0.25) is 0 Å². The molecule has 0 aromatic heterocycles. The minimum Gasteiger partial charge on any atom is -0.377 e. The Kier molecular flexibility index (Phi) is 5.10. The molecule has 1 saturated heterocycles. The number of carbonyl (C=O) groups excluding carboxylic acids is 1. The van der Waals surface area contributed by atoms with E-state index in [0.717, 1.165) is 32.4 Å². The molecule has 7 heteroatoms. The number of rotatable bonds is 4. The van der Waals surface area contributed by atoms with Gasteiger partial charge in [0.05, 0.1) is 4.92 Å². The van der Waals surface area contributed by atoms with Gasteiger partial charge in [0.1, 0.15) is 5.69 Å². The van der Waals surface area contributed by atoms with Crippen LogP contribution in [0.1, 0.15) is 29.6 Å². The summed E-state index contributed by atoms with van der Waals surface area (Å²) in [7, 11) is 1.54. The van der Waals surface area contributed by atoms with Gasteiger partial charge in [-0.1, -0.05) is 0 Å². The molecule has 1 aromatic carbocycles. The van der Waals surface area contributed by atoms with Gasteiger partial charge >= 0.3 is 0 Å². The van der Waals surface area contributed by atoms with Crippen LogP contribution in [-0.4, -0.2) is 37.0 Å². The van der Waals surface area contributed by atoms with Crippen molar-refractivity contribution < 1.29 is 9.72 Å². The second-order valence-electron chi connectivity index (χ2n) is 5.09. The molecule has 0 aliphatic carbocycles. The Morgan fingerprint density at radius 2 is 2.19 bits per heavy atom. The zero-order valence-electron chi connectivity index (χ0n) is 12.0. The van der Waals surface area contributed by atoms with Crippen molar-refractivity contribution in [3.8, 4) is 0 Å². The van der Waals surface area contributed by atoms with Crippen molar-refractivity contribution in [1.82, 2.24) is 10.6 Å². The van der Waals surface area contributed by atoms with Crippen molar-refractivity contribution >= 4 is 17.3 Å². The Morgan fingerprint density at radius 3 is 2.90 bits per heavy atom. The van der Waals surface area contributed by atoms with E-state index in [1.54, 1.807) is 6.07 Å². The highest BCUT2D eigenvalue weighted by atomic mass is 16.6. The lowest BCUT2D eigenvalue weighted by Gasteiger charge is -2.17.